The van der Waals surface area contributed by atoms with Gasteiger partial charge in [-0.3, -0.25) is 14.9 Å². The largest absolute Gasteiger partial charge is 0.459 e. The minimum absolute atomic E-state index is 0.0463. The van der Waals surface area contributed by atoms with Crippen molar-refractivity contribution in [1.82, 2.24) is 0 Å². The standard InChI is InChI=1S/C14H18N2O4.C11H22/c15-14(8-4-1-5-9-14)13(17)20-10-11-6-2-3-7-12(11)16(18)19;1-3-5-7-9-11-10-8-6-4-2/h2-3,6-7H,1,4-5,8-10,15H2;7,9H,3-6,8,10-11H2,1-2H3. The molecule has 1 aliphatic carbocycles. The summed E-state index contributed by atoms with van der Waals surface area (Å²) >= 11 is 0. The summed E-state index contributed by atoms with van der Waals surface area (Å²) in [5, 5.41) is 10.9. The summed E-state index contributed by atoms with van der Waals surface area (Å²) < 4.78 is 5.19. The molecule has 0 heterocycles. The SMILES string of the molecule is CCCC=CCCCCCC.NC1(C(=O)OCc2ccccc2[N+](=O)[O-])CCCCC1. The third-order valence-corrected chi connectivity index (χ3v) is 5.55. The number of carbonyl (C=O) groups excluding carboxylic acids is 1. The molecule has 0 radical (unpaired) electrons. The first-order chi connectivity index (χ1) is 14.9. The van der Waals surface area contributed by atoms with Gasteiger partial charge in [0.15, 0.2) is 0 Å². The molecule has 0 amide bonds. The number of nitrogens with two attached hydrogens (primary N) is 1. The van der Waals surface area contributed by atoms with Gasteiger partial charge in [0.05, 0.1) is 10.5 Å². The van der Waals surface area contributed by atoms with Gasteiger partial charge in [0.2, 0.25) is 0 Å². The molecule has 0 bridgehead atoms. The average molecular weight is 433 g/mol. The summed E-state index contributed by atoms with van der Waals surface area (Å²) in [7, 11) is 0. The van der Waals surface area contributed by atoms with E-state index in [1.54, 1.807) is 18.2 Å². The zero-order valence-electron chi connectivity index (χ0n) is 19.3. The van der Waals surface area contributed by atoms with Gasteiger partial charge in [0.25, 0.3) is 5.69 Å². The fraction of sp³-hybridized carbons (Fsp3) is 0.640. The first-order valence-corrected chi connectivity index (χ1v) is 11.8. The second-order valence-corrected chi connectivity index (χ2v) is 8.29. The van der Waals surface area contributed by atoms with Crippen LogP contribution in [0.1, 0.15) is 96.5 Å². The Hall–Kier alpha value is -2.21. The van der Waals surface area contributed by atoms with Crippen LogP contribution in [0.2, 0.25) is 0 Å². The number of ether oxygens (including phenoxy) is 1. The maximum absolute atomic E-state index is 12.1. The summed E-state index contributed by atoms with van der Waals surface area (Å²) in [6, 6.07) is 6.22. The first-order valence-electron chi connectivity index (χ1n) is 11.8. The molecule has 174 valence electrons. The number of nitro benzene ring substituents is 1. The van der Waals surface area contributed by atoms with E-state index in [9.17, 15) is 14.9 Å². The summed E-state index contributed by atoms with van der Waals surface area (Å²) in [5.41, 5.74) is 5.46. The van der Waals surface area contributed by atoms with Gasteiger partial charge in [-0.25, -0.2) is 0 Å². The fourth-order valence-electron chi connectivity index (χ4n) is 3.58. The van der Waals surface area contributed by atoms with E-state index in [-0.39, 0.29) is 12.3 Å². The molecule has 0 spiro atoms. The highest BCUT2D eigenvalue weighted by atomic mass is 16.6. The van der Waals surface area contributed by atoms with Crippen molar-refractivity contribution in [3.8, 4) is 0 Å². The van der Waals surface area contributed by atoms with Crippen LogP contribution < -0.4 is 5.73 Å². The number of para-hydroxylation sites is 1. The number of hydrogen-bond donors (Lipinski definition) is 1. The Morgan fingerprint density at radius 3 is 2.39 bits per heavy atom. The second kappa shape index (κ2) is 15.6. The number of hydrogen-bond acceptors (Lipinski definition) is 5. The van der Waals surface area contributed by atoms with E-state index < -0.39 is 16.4 Å². The van der Waals surface area contributed by atoms with Crippen molar-refractivity contribution in [2.45, 2.75) is 103 Å². The maximum Gasteiger partial charge on any atom is 0.326 e. The Morgan fingerprint density at radius 1 is 1.06 bits per heavy atom. The highest BCUT2D eigenvalue weighted by Gasteiger charge is 2.37. The van der Waals surface area contributed by atoms with Crippen molar-refractivity contribution in [3.63, 3.8) is 0 Å². The van der Waals surface area contributed by atoms with Crippen molar-refractivity contribution in [3.05, 3.63) is 52.1 Å². The molecule has 6 heteroatoms. The highest BCUT2D eigenvalue weighted by Crippen LogP contribution is 2.28. The quantitative estimate of drug-likeness (QED) is 0.139. The molecule has 1 aromatic rings. The molecule has 0 aromatic heterocycles. The topological polar surface area (TPSA) is 95.5 Å². The average Bonchev–Trinajstić information content (AvgIpc) is 2.78. The number of benzene rings is 1. The number of rotatable bonds is 11. The predicted molar refractivity (Wildman–Crippen MR) is 126 cm³/mol. The molecule has 1 saturated carbocycles. The Kier molecular flexibility index (Phi) is 13.5. The van der Waals surface area contributed by atoms with E-state index in [0.29, 0.717) is 18.4 Å². The maximum atomic E-state index is 12.1. The van der Waals surface area contributed by atoms with Crippen LogP contribution in [-0.2, 0) is 16.1 Å². The molecule has 31 heavy (non-hydrogen) atoms. The Balaban J connectivity index is 0.000000373. The smallest absolute Gasteiger partial charge is 0.326 e. The molecule has 1 fully saturated rings. The third kappa shape index (κ3) is 10.6. The normalized spacial score (nSPS) is 15.2. The lowest BCUT2D eigenvalue weighted by molar-refractivity contribution is -0.385. The summed E-state index contributed by atoms with van der Waals surface area (Å²) in [6.45, 7) is 4.36. The van der Waals surface area contributed by atoms with E-state index in [1.807, 2.05) is 0 Å². The molecule has 2 rings (SSSR count). The number of esters is 1. The van der Waals surface area contributed by atoms with Crippen molar-refractivity contribution < 1.29 is 14.5 Å². The minimum Gasteiger partial charge on any atom is -0.459 e. The van der Waals surface area contributed by atoms with Gasteiger partial charge in [0, 0.05) is 6.07 Å². The molecule has 1 aromatic carbocycles. The Morgan fingerprint density at radius 2 is 1.74 bits per heavy atom. The second-order valence-electron chi connectivity index (χ2n) is 8.29. The lowest BCUT2D eigenvalue weighted by Gasteiger charge is -2.30. The number of allylic oxidation sites excluding steroid dienone is 2. The monoisotopic (exact) mass is 432 g/mol. The number of carbonyl (C=O) groups is 1. The summed E-state index contributed by atoms with van der Waals surface area (Å²) in [6.07, 6.45) is 18.2. The fourth-order valence-corrected chi connectivity index (χ4v) is 3.58. The van der Waals surface area contributed by atoms with Crippen molar-refractivity contribution >= 4 is 11.7 Å². The van der Waals surface area contributed by atoms with Crippen LogP contribution in [0.4, 0.5) is 5.69 Å². The van der Waals surface area contributed by atoms with Crippen LogP contribution in [-0.4, -0.2) is 16.4 Å². The van der Waals surface area contributed by atoms with Crippen molar-refractivity contribution in [2.24, 2.45) is 5.73 Å². The van der Waals surface area contributed by atoms with Crippen LogP contribution >= 0.6 is 0 Å². The molecule has 0 atom stereocenters. The van der Waals surface area contributed by atoms with Crippen molar-refractivity contribution in [1.29, 1.82) is 0 Å². The van der Waals surface area contributed by atoms with E-state index in [0.717, 1.165) is 19.3 Å². The van der Waals surface area contributed by atoms with Gasteiger partial charge in [-0.2, -0.15) is 0 Å². The van der Waals surface area contributed by atoms with Crippen LogP contribution in [0.3, 0.4) is 0 Å². The Labute approximate surface area is 187 Å². The van der Waals surface area contributed by atoms with Gasteiger partial charge >= 0.3 is 5.97 Å². The molecular formula is C25H40N2O4. The summed E-state index contributed by atoms with van der Waals surface area (Å²) in [5.74, 6) is -0.463. The molecule has 0 unspecified atom stereocenters. The van der Waals surface area contributed by atoms with E-state index in [2.05, 4.69) is 26.0 Å². The molecule has 1 aliphatic rings. The molecule has 0 aliphatic heterocycles. The minimum atomic E-state index is -0.929. The van der Waals surface area contributed by atoms with Gasteiger partial charge in [0.1, 0.15) is 12.1 Å². The zero-order valence-corrected chi connectivity index (χ0v) is 19.3. The van der Waals surface area contributed by atoms with E-state index >= 15 is 0 Å². The van der Waals surface area contributed by atoms with Crippen LogP contribution in [0.5, 0.6) is 0 Å². The van der Waals surface area contributed by atoms with Gasteiger partial charge < -0.3 is 10.5 Å². The highest BCUT2D eigenvalue weighted by molar-refractivity contribution is 5.80. The third-order valence-electron chi connectivity index (χ3n) is 5.55. The molecular weight excluding hydrogens is 392 g/mol. The lowest BCUT2D eigenvalue weighted by atomic mass is 9.83. The van der Waals surface area contributed by atoms with Crippen LogP contribution in [0.25, 0.3) is 0 Å². The molecule has 0 saturated heterocycles. The molecule has 6 nitrogen and oxygen atoms in total. The number of nitrogens with zero attached hydrogens (tertiary/aromatic N) is 1. The first kappa shape index (κ1) is 26.8. The summed E-state index contributed by atoms with van der Waals surface area (Å²) in [4.78, 5) is 22.4. The number of nitro groups is 1. The van der Waals surface area contributed by atoms with E-state index in [4.69, 9.17) is 10.5 Å². The van der Waals surface area contributed by atoms with Gasteiger partial charge in [-0.1, -0.05) is 83.1 Å². The van der Waals surface area contributed by atoms with Crippen LogP contribution in [0.15, 0.2) is 36.4 Å². The van der Waals surface area contributed by atoms with Gasteiger partial charge in [-0.15, -0.1) is 0 Å². The zero-order chi connectivity index (χ0) is 23.0. The number of unbranched alkanes of at least 4 members (excludes halogenated alkanes) is 5. The van der Waals surface area contributed by atoms with Crippen molar-refractivity contribution in [2.75, 3.05) is 0 Å². The predicted octanol–water partition coefficient (Wildman–Crippen LogP) is 6.61. The molecule has 2 N–H and O–H groups in total. The Bertz CT molecular complexity index is 682. The van der Waals surface area contributed by atoms with E-state index in [1.165, 1.54) is 51.0 Å². The van der Waals surface area contributed by atoms with Gasteiger partial charge in [-0.05, 0) is 38.2 Å². The van der Waals surface area contributed by atoms with Crippen LogP contribution in [0, 0.1) is 10.1 Å². The lowest BCUT2D eigenvalue weighted by Crippen LogP contribution is -2.50.